The Morgan fingerprint density at radius 3 is 2.78 bits per heavy atom. The van der Waals surface area contributed by atoms with Gasteiger partial charge in [0.05, 0.1) is 12.7 Å². The van der Waals surface area contributed by atoms with Crippen LogP contribution in [-0.4, -0.2) is 32.7 Å². The summed E-state index contributed by atoms with van der Waals surface area (Å²) in [5.41, 5.74) is 2.30. The van der Waals surface area contributed by atoms with E-state index in [2.05, 4.69) is 27.3 Å². The number of rotatable bonds is 5. The number of anilines is 2. The van der Waals surface area contributed by atoms with Gasteiger partial charge in [0, 0.05) is 17.4 Å². The molecule has 0 saturated carbocycles. The topological polar surface area (TPSA) is 81.4 Å². The zero-order valence-electron chi connectivity index (χ0n) is 13.0. The number of ether oxygens (including phenoxy) is 1. The third-order valence-electron chi connectivity index (χ3n) is 3.39. The molecule has 2 heterocycles. The molecule has 0 bridgehead atoms. The Hall–Kier alpha value is -2.96. The summed E-state index contributed by atoms with van der Waals surface area (Å²) < 4.78 is 6.34. The molecule has 2 aromatic heterocycles. The maximum absolute atomic E-state index is 11.5. The molecule has 0 amide bonds. The molecule has 0 saturated heterocycles. The van der Waals surface area contributed by atoms with Crippen molar-refractivity contribution in [3.05, 3.63) is 47.9 Å². The van der Waals surface area contributed by atoms with E-state index in [0.29, 0.717) is 11.3 Å². The first-order chi connectivity index (χ1) is 11.2. The fraction of sp³-hybridized carbons (Fsp3) is 0.250. The molecule has 3 rings (SSSR count). The van der Waals surface area contributed by atoms with Crippen molar-refractivity contribution in [2.75, 3.05) is 12.4 Å². The molecular formula is C16H17N5O2. The lowest BCUT2D eigenvalue weighted by molar-refractivity contribution is 0.0601. The minimum absolute atomic E-state index is 0.357. The number of carbonyl (C=O) groups excluding carboxylic acids is 1. The molecule has 23 heavy (non-hydrogen) atoms. The maximum atomic E-state index is 11.5. The SMILES string of the molecule is CCCc1cc(Nc2ccc(C(=O)OC)cc2)n2ncnc2n1. The third kappa shape index (κ3) is 3.13. The molecule has 118 valence electrons. The van der Waals surface area contributed by atoms with E-state index in [4.69, 9.17) is 4.74 Å². The first-order valence-corrected chi connectivity index (χ1v) is 7.36. The Kier molecular flexibility index (Phi) is 4.18. The van der Waals surface area contributed by atoms with Crippen molar-refractivity contribution in [1.29, 1.82) is 0 Å². The largest absolute Gasteiger partial charge is 0.465 e. The van der Waals surface area contributed by atoms with E-state index in [1.807, 2.05) is 18.2 Å². The quantitative estimate of drug-likeness (QED) is 0.729. The smallest absolute Gasteiger partial charge is 0.337 e. The van der Waals surface area contributed by atoms with Crippen LogP contribution in [0, 0.1) is 0 Å². The van der Waals surface area contributed by atoms with Gasteiger partial charge >= 0.3 is 5.97 Å². The standard InChI is InChI=1S/C16H17N5O2/c1-3-4-13-9-14(21-16(20-13)17-10-18-21)19-12-7-5-11(6-8-12)15(22)23-2/h5-10,19H,3-4H2,1-2H3. The van der Waals surface area contributed by atoms with Crippen LogP contribution in [0.25, 0.3) is 5.78 Å². The van der Waals surface area contributed by atoms with Gasteiger partial charge in [0.15, 0.2) is 0 Å². The lowest BCUT2D eigenvalue weighted by Gasteiger charge is -2.10. The number of benzene rings is 1. The number of esters is 1. The Morgan fingerprint density at radius 2 is 2.09 bits per heavy atom. The number of carbonyl (C=O) groups is 1. The molecule has 1 aromatic carbocycles. The summed E-state index contributed by atoms with van der Waals surface area (Å²) in [6, 6.07) is 9.00. The van der Waals surface area contributed by atoms with E-state index in [0.717, 1.165) is 30.0 Å². The molecule has 0 fully saturated rings. The molecule has 7 nitrogen and oxygen atoms in total. The van der Waals surface area contributed by atoms with Crippen LogP contribution >= 0.6 is 0 Å². The minimum atomic E-state index is -0.357. The van der Waals surface area contributed by atoms with Crippen LogP contribution in [0.5, 0.6) is 0 Å². The van der Waals surface area contributed by atoms with Gasteiger partial charge in [-0.15, -0.1) is 0 Å². The Labute approximate surface area is 133 Å². The van der Waals surface area contributed by atoms with Gasteiger partial charge in [0.2, 0.25) is 0 Å². The van der Waals surface area contributed by atoms with Gasteiger partial charge in [-0.2, -0.15) is 14.6 Å². The Bertz CT molecular complexity index is 826. The third-order valence-corrected chi connectivity index (χ3v) is 3.39. The number of hydrogen-bond donors (Lipinski definition) is 1. The van der Waals surface area contributed by atoms with Gasteiger partial charge in [0.1, 0.15) is 12.1 Å². The summed E-state index contributed by atoms with van der Waals surface area (Å²) >= 11 is 0. The molecule has 7 heteroatoms. The van der Waals surface area contributed by atoms with Gasteiger partial charge in [-0.05, 0) is 30.7 Å². The molecule has 0 radical (unpaired) electrons. The molecule has 0 aliphatic rings. The lowest BCUT2D eigenvalue weighted by Crippen LogP contribution is -2.05. The summed E-state index contributed by atoms with van der Waals surface area (Å²) in [6.45, 7) is 2.11. The van der Waals surface area contributed by atoms with Gasteiger partial charge in [0.25, 0.3) is 5.78 Å². The van der Waals surface area contributed by atoms with Crippen LogP contribution < -0.4 is 5.32 Å². The highest BCUT2D eigenvalue weighted by molar-refractivity contribution is 5.89. The van der Waals surface area contributed by atoms with Crippen LogP contribution in [0.2, 0.25) is 0 Å². The minimum Gasteiger partial charge on any atom is -0.465 e. The summed E-state index contributed by atoms with van der Waals surface area (Å²) in [5, 5.41) is 7.47. The van der Waals surface area contributed by atoms with Crippen molar-refractivity contribution in [2.45, 2.75) is 19.8 Å². The van der Waals surface area contributed by atoms with Crippen LogP contribution in [0.4, 0.5) is 11.5 Å². The van der Waals surface area contributed by atoms with Crippen molar-refractivity contribution >= 4 is 23.3 Å². The van der Waals surface area contributed by atoms with Crippen molar-refractivity contribution in [3.63, 3.8) is 0 Å². The molecule has 0 aliphatic carbocycles. The highest BCUT2D eigenvalue weighted by atomic mass is 16.5. The number of aromatic nitrogens is 4. The fourth-order valence-corrected chi connectivity index (χ4v) is 2.29. The molecule has 3 aromatic rings. The normalized spacial score (nSPS) is 10.7. The van der Waals surface area contributed by atoms with E-state index in [-0.39, 0.29) is 5.97 Å². The van der Waals surface area contributed by atoms with Crippen molar-refractivity contribution < 1.29 is 9.53 Å². The number of nitrogens with zero attached hydrogens (tertiary/aromatic N) is 4. The second-order valence-electron chi connectivity index (χ2n) is 5.05. The van der Waals surface area contributed by atoms with Gasteiger partial charge in [-0.3, -0.25) is 0 Å². The van der Waals surface area contributed by atoms with Crippen LogP contribution in [-0.2, 0) is 11.2 Å². The van der Waals surface area contributed by atoms with E-state index in [9.17, 15) is 4.79 Å². The average molecular weight is 311 g/mol. The Morgan fingerprint density at radius 1 is 1.30 bits per heavy atom. The van der Waals surface area contributed by atoms with Crippen LogP contribution in [0.15, 0.2) is 36.7 Å². The molecule has 0 unspecified atom stereocenters. The lowest BCUT2D eigenvalue weighted by atomic mass is 10.2. The fourth-order valence-electron chi connectivity index (χ4n) is 2.29. The number of fused-ring (bicyclic) bond motifs is 1. The first kappa shape index (κ1) is 15.0. The first-order valence-electron chi connectivity index (χ1n) is 7.36. The monoisotopic (exact) mass is 311 g/mol. The number of methoxy groups -OCH3 is 1. The second-order valence-corrected chi connectivity index (χ2v) is 5.05. The number of nitrogens with one attached hydrogen (secondary N) is 1. The molecular weight excluding hydrogens is 294 g/mol. The zero-order chi connectivity index (χ0) is 16.2. The summed E-state index contributed by atoms with van der Waals surface area (Å²) in [6.07, 6.45) is 3.35. The summed E-state index contributed by atoms with van der Waals surface area (Å²) in [4.78, 5) is 20.1. The molecule has 0 spiro atoms. The van der Waals surface area contributed by atoms with E-state index in [1.54, 1.807) is 16.6 Å². The maximum Gasteiger partial charge on any atom is 0.337 e. The van der Waals surface area contributed by atoms with E-state index in [1.165, 1.54) is 13.4 Å². The highest BCUT2D eigenvalue weighted by Crippen LogP contribution is 2.19. The highest BCUT2D eigenvalue weighted by Gasteiger charge is 2.09. The van der Waals surface area contributed by atoms with Crippen molar-refractivity contribution in [2.24, 2.45) is 0 Å². The average Bonchev–Trinajstić information content (AvgIpc) is 3.04. The zero-order valence-corrected chi connectivity index (χ0v) is 13.0. The number of aryl methyl sites for hydroxylation is 1. The summed E-state index contributed by atoms with van der Waals surface area (Å²) in [5.74, 6) is 0.982. The molecule has 0 atom stereocenters. The van der Waals surface area contributed by atoms with Crippen molar-refractivity contribution in [1.82, 2.24) is 19.6 Å². The number of hydrogen-bond acceptors (Lipinski definition) is 6. The van der Waals surface area contributed by atoms with Gasteiger partial charge in [-0.1, -0.05) is 13.3 Å². The van der Waals surface area contributed by atoms with Gasteiger partial charge < -0.3 is 10.1 Å². The Balaban J connectivity index is 1.91. The van der Waals surface area contributed by atoms with Gasteiger partial charge in [-0.25, -0.2) is 9.78 Å². The second kappa shape index (κ2) is 6.43. The molecule has 1 N–H and O–H groups in total. The van der Waals surface area contributed by atoms with Crippen LogP contribution in [0.1, 0.15) is 29.4 Å². The summed E-state index contributed by atoms with van der Waals surface area (Å²) in [7, 11) is 1.36. The van der Waals surface area contributed by atoms with Crippen molar-refractivity contribution in [3.8, 4) is 0 Å². The molecule has 0 aliphatic heterocycles. The van der Waals surface area contributed by atoms with E-state index < -0.39 is 0 Å². The van der Waals surface area contributed by atoms with E-state index >= 15 is 0 Å². The predicted molar refractivity (Wildman–Crippen MR) is 85.8 cm³/mol. The van der Waals surface area contributed by atoms with Crippen LogP contribution in [0.3, 0.4) is 0 Å². The predicted octanol–water partition coefficient (Wildman–Crippen LogP) is 2.61.